The van der Waals surface area contributed by atoms with E-state index in [9.17, 15) is 4.79 Å². The first kappa shape index (κ1) is 24.6. The van der Waals surface area contributed by atoms with Gasteiger partial charge in [0.1, 0.15) is 0 Å². The minimum atomic E-state index is 0. The number of benzene rings is 3. The van der Waals surface area contributed by atoms with Gasteiger partial charge in [-0.2, -0.15) is 0 Å². The maximum atomic E-state index is 12.2. The van der Waals surface area contributed by atoms with Crippen molar-refractivity contribution in [1.82, 2.24) is 10.2 Å². The number of carbonyl (C=O) groups is 1. The van der Waals surface area contributed by atoms with E-state index in [-0.39, 0.29) is 18.3 Å². The Morgan fingerprint density at radius 1 is 0.645 bits per heavy atom. The van der Waals surface area contributed by atoms with Crippen LogP contribution in [0, 0.1) is 0 Å². The molecule has 164 valence electrons. The van der Waals surface area contributed by atoms with Gasteiger partial charge < -0.3 is 10.2 Å². The quantitative estimate of drug-likeness (QED) is 0.407. The Balaban J connectivity index is 0.00000341. The van der Waals surface area contributed by atoms with Crippen LogP contribution in [0.4, 0.5) is 0 Å². The molecular weight excluding hydrogens is 404 g/mol. The summed E-state index contributed by atoms with van der Waals surface area (Å²) < 4.78 is 0. The summed E-state index contributed by atoms with van der Waals surface area (Å²) in [5.41, 5.74) is 3.80. The lowest BCUT2D eigenvalue weighted by molar-refractivity contribution is -0.120. The molecule has 3 rings (SSSR count). The zero-order chi connectivity index (χ0) is 20.9. The molecular formula is C27H33ClN2O. The molecule has 0 saturated carbocycles. The second-order valence-corrected chi connectivity index (χ2v) is 7.68. The third-order valence-corrected chi connectivity index (χ3v) is 5.30. The SMILES string of the molecule is Cl.O=C(Cc1ccccc1)NCCCN(CCc1ccccc1)CCc1ccccc1. The normalized spacial score (nSPS) is 10.5. The van der Waals surface area contributed by atoms with Gasteiger partial charge in [0, 0.05) is 19.6 Å². The second kappa shape index (κ2) is 14.4. The van der Waals surface area contributed by atoms with Crippen molar-refractivity contribution in [2.45, 2.75) is 25.7 Å². The number of halogens is 1. The van der Waals surface area contributed by atoms with Crippen LogP contribution < -0.4 is 5.32 Å². The van der Waals surface area contributed by atoms with Gasteiger partial charge >= 0.3 is 0 Å². The molecule has 3 aromatic carbocycles. The summed E-state index contributed by atoms with van der Waals surface area (Å²) in [5.74, 6) is 0.0984. The molecule has 3 nitrogen and oxygen atoms in total. The van der Waals surface area contributed by atoms with Crippen LogP contribution in [0.15, 0.2) is 91.0 Å². The van der Waals surface area contributed by atoms with Crippen molar-refractivity contribution in [3.05, 3.63) is 108 Å². The number of hydrogen-bond acceptors (Lipinski definition) is 2. The predicted molar refractivity (Wildman–Crippen MR) is 132 cm³/mol. The van der Waals surface area contributed by atoms with Crippen molar-refractivity contribution in [2.75, 3.05) is 26.2 Å². The Hall–Kier alpha value is -2.62. The highest BCUT2D eigenvalue weighted by molar-refractivity contribution is 5.85. The van der Waals surface area contributed by atoms with Gasteiger partial charge in [-0.05, 0) is 42.5 Å². The summed E-state index contributed by atoms with van der Waals surface area (Å²) in [7, 11) is 0. The van der Waals surface area contributed by atoms with Gasteiger partial charge in [-0.25, -0.2) is 0 Å². The summed E-state index contributed by atoms with van der Waals surface area (Å²) in [6.45, 7) is 3.79. The number of carbonyl (C=O) groups excluding carboxylic acids is 1. The van der Waals surface area contributed by atoms with E-state index in [1.54, 1.807) is 0 Å². The van der Waals surface area contributed by atoms with Gasteiger partial charge in [0.25, 0.3) is 0 Å². The average molecular weight is 437 g/mol. The van der Waals surface area contributed by atoms with Crippen molar-refractivity contribution in [3.8, 4) is 0 Å². The zero-order valence-electron chi connectivity index (χ0n) is 18.1. The number of nitrogens with zero attached hydrogens (tertiary/aromatic N) is 1. The molecule has 0 atom stereocenters. The van der Waals surface area contributed by atoms with Gasteiger partial charge in [-0.15, -0.1) is 12.4 Å². The fourth-order valence-electron chi connectivity index (χ4n) is 3.57. The minimum Gasteiger partial charge on any atom is -0.356 e. The smallest absolute Gasteiger partial charge is 0.224 e. The number of hydrogen-bond donors (Lipinski definition) is 1. The molecule has 0 heterocycles. The largest absolute Gasteiger partial charge is 0.356 e. The predicted octanol–water partition coefficient (Wildman–Crippen LogP) is 4.94. The van der Waals surface area contributed by atoms with Crippen LogP contribution in [0.25, 0.3) is 0 Å². The van der Waals surface area contributed by atoms with Gasteiger partial charge in [-0.1, -0.05) is 91.0 Å². The van der Waals surface area contributed by atoms with Crippen molar-refractivity contribution in [2.24, 2.45) is 0 Å². The molecule has 0 aliphatic heterocycles. The Morgan fingerprint density at radius 2 is 1.10 bits per heavy atom. The van der Waals surface area contributed by atoms with Crippen molar-refractivity contribution < 1.29 is 4.79 Å². The van der Waals surface area contributed by atoms with E-state index in [1.165, 1.54) is 11.1 Å². The van der Waals surface area contributed by atoms with Crippen molar-refractivity contribution >= 4 is 18.3 Å². The Labute approximate surface area is 192 Å². The van der Waals surface area contributed by atoms with Gasteiger partial charge in [-0.3, -0.25) is 4.79 Å². The van der Waals surface area contributed by atoms with E-state index in [1.807, 2.05) is 30.3 Å². The number of nitrogens with one attached hydrogen (secondary N) is 1. The van der Waals surface area contributed by atoms with E-state index < -0.39 is 0 Å². The summed E-state index contributed by atoms with van der Waals surface area (Å²) in [5, 5.41) is 3.07. The van der Waals surface area contributed by atoms with Gasteiger partial charge in [0.05, 0.1) is 6.42 Å². The highest BCUT2D eigenvalue weighted by Gasteiger charge is 2.07. The Bertz CT molecular complexity index is 813. The van der Waals surface area contributed by atoms with E-state index in [4.69, 9.17) is 0 Å². The first-order chi connectivity index (χ1) is 14.8. The molecule has 0 spiro atoms. The molecule has 0 unspecified atom stereocenters. The molecule has 1 N–H and O–H groups in total. The molecule has 0 aliphatic rings. The topological polar surface area (TPSA) is 32.3 Å². The molecule has 0 saturated heterocycles. The maximum Gasteiger partial charge on any atom is 0.224 e. The minimum absolute atomic E-state index is 0. The molecule has 1 amide bonds. The summed E-state index contributed by atoms with van der Waals surface area (Å²) in [6.07, 6.45) is 3.52. The van der Waals surface area contributed by atoms with Crippen LogP contribution in [0.1, 0.15) is 23.1 Å². The molecule has 0 bridgehead atoms. The van der Waals surface area contributed by atoms with Crippen molar-refractivity contribution in [3.63, 3.8) is 0 Å². The van der Waals surface area contributed by atoms with Crippen LogP contribution in [0.3, 0.4) is 0 Å². The van der Waals surface area contributed by atoms with E-state index in [2.05, 4.69) is 70.9 Å². The second-order valence-electron chi connectivity index (χ2n) is 7.68. The molecule has 0 aromatic heterocycles. The standard InChI is InChI=1S/C27H32N2O.ClH/c30-27(23-26-15-8-3-9-16-26)28-19-10-20-29(21-17-24-11-4-1-5-12-24)22-18-25-13-6-2-7-14-25;/h1-9,11-16H,10,17-23H2,(H,28,30);1H. The summed E-state index contributed by atoms with van der Waals surface area (Å²) >= 11 is 0. The van der Waals surface area contributed by atoms with Gasteiger partial charge in [0.15, 0.2) is 0 Å². The number of amides is 1. The fraction of sp³-hybridized carbons (Fsp3) is 0.296. The number of rotatable bonds is 12. The molecule has 3 aromatic rings. The van der Waals surface area contributed by atoms with E-state index in [0.717, 1.165) is 51.0 Å². The van der Waals surface area contributed by atoms with E-state index >= 15 is 0 Å². The lowest BCUT2D eigenvalue weighted by Gasteiger charge is -2.22. The highest BCUT2D eigenvalue weighted by Crippen LogP contribution is 2.06. The van der Waals surface area contributed by atoms with Crippen LogP contribution in [-0.4, -0.2) is 37.0 Å². The van der Waals surface area contributed by atoms with Crippen LogP contribution in [0.5, 0.6) is 0 Å². The monoisotopic (exact) mass is 436 g/mol. The van der Waals surface area contributed by atoms with E-state index in [0.29, 0.717) is 6.42 Å². The highest BCUT2D eigenvalue weighted by atomic mass is 35.5. The summed E-state index contributed by atoms with van der Waals surface area (Å²) in [6, 6.07) is 31.2. The Kier molecular flexibility index (Phi) is 11.4. The third kappa shape index (κ3) is 9.82. The first-order valence-electron chi connectivity index (χ1n) is 10.9. The average Bonchev–Trinajstić information content (AvgIpc) is 2.80. The molecule has 0 aliphatic carbocycles. The first-order valence-corrected chi connectivity index (χ1v) is 10.9. The Morgan fingerprint density at radius 3 is 1.58 bits per heavy atom. The lowest BCUT2D eigenvalue weighted by atomic mass is 10.1. The maximum absolute atomic E-state index is 12.2. The van der Waals surface area contributed by atoms with Crippen LogP contribution in [0.2, 0.25) is 0 Å². The van der Waals surface area contributed by atoms with Crippen LogP contribution >= 0.6 is 12.4 Å². The molecule has 31 heavy (non-hydrogen) atoms. The zero-order valence-corrected chi connectivity index (χ0v) is 18.9. The molecule has 0 radical (unpaired) electrons. The molecule has 0 fully saturated rings. The van der Waals surface area contributed by atoms with Crippen molar-refractivity contribution in [1.29, 1.82) is 0 Å². The third-order valence-electron chi connectivity index (χ3n) is 5.30. The summed E-state index contributed by atoms with van der Waals surface area (Å²) in [4.78, 5) is 14.7. The fourth-order valence-corrected chi connectivity index (χ4v) is 3.57. The van der Waals surface area contributed by atoms with Crippen LogP contribution in [-0.2, 0) is 24.1 Å². The molecule has 4 heteroatoms. The lowest BCUT2D eigenvalue weighted by Crippen LogP contribution is -2.33. The van der Waals surface area contributed by atoms with Gasteiger partial charge in [0.2, 0.25) is 5.91 Å².